The van der Waals surface area contributed by atoms with Crippen LogP contribution in [0.4, 0.5) is 5.13 Å². The van der Waals surface area contributed by atoms with Gasteiger partial charge in [0.2, 0.25) is 6.41 Å². The van der Waals surface area contributed by atoms with E-state index in [-0.39, 0.29) is 74.7 Å². The van der Waals surface area contributed by atoms with Crippen molar-refractivity contribution in [3.05, 3.63) is 74.6 Å². The number of carbonyl (C=O) groups excluding carboxylic acids is 5. The van der Waals surface area contributed by atoms with Crippen LogP contribution in [0.5, 0.6) is 11.5 Å². The molecule has 0 spiro atoms. The number of phenolic OH excluding ortho intramolecular Hbond substituents is 2. The molecule has 1 aliphatic carbocycles. The normalized spacial score (nSPS) is 17.2. The minimum Gasteiger partial charge on any atom is -0.548 e. The van der Waals surface area contributed by atoms with Crippen molar-refractivity contribution in [1.29, 1.82) is 0 Å². The van der Waals surface area contributed by atoms with Gasteiger partial charge in [0.05, 0.1) is 18.1 Å². The zero-order chi connectivity index (χ0) is 40.4. The second-order valence-electron chi connectivity index (χ2n) is 11.8. The van der Waals surface area contributed by atoms with Crippen molar-refractivity contribution in [3.63, 3.8) is 0 Å². The third kappa shape index (κ3) is 10.5. The van der Waals surface area contributed by atoms with Crippen LogP contribution in [-0.4, -0.2) is 92.9 Å². The van der Waals surface area contributed by atoms with Gasteiger partial charge in [-0.1, -0.05) is 36.7 Å². The quantitative estimate of drug-likeness (QED) is 0.0189. The number of amides is 3. The number of phenols is 2. The van der Waals surface area contributed by atoms with Crippen molar-refractivity contribution < 1.29 is 83.0 Å². The SMILES string of the molecule is CC.COC(=O)C1=C(C[n+]2cccc3c2CCC3)CS[C@@H]2[C@H](NC(=O)/C(=N\OC[C@H](NC=O)C(=O)[O-])c3csc(N)n3)C(=O)N12.Cc1ccc(O)c(O)c1Cl.[Na+]. The Morgan fingerprint density at radius 2 is 1.98 bits per heavy atom. The molecule has 1 aromatic carbocycles. The van der Waals surface area contributed by atoms with Crippen LogP contribution < -0.4 is 55.6 Å². The summed E-state index contributed by atoms with van der Waals surface area (Å²) in [5, 5.41) is 38.6. The molecule has 56 heavy (non-hydrogen) atoms. The van der Waals surface area contributed by atoms with Gasteiger partial charge in [0.25, 0.3) is 11.8 Å². The number of hydrogen-bond donors (Lipinski definition) is 5. The second-order valence-corrected chi connectivity index (χ2v) is 14.2. The average molecular weight is 841 g/mol. The first-order valence-electron chi connectivity index (χ1n) is 16.9. The number of oxime groups is 1. The molecule has 21 heteroatoms. The molecule has 2 aliphatic heterocycles. The summed E-state index contributed by atoms with van der Waals surface area (Å²) < 4.78 is 7.14. The molecule has 0 radical (unpaired) electrons. The van der Waals surface area contributed by atoms with E-state index in [4.69, 9.17) is 37.1 Å². The van der Waals surface area contributed by atoms with Gasteiger partial charge in [0.15, 0.2) is 40.8 Å². The number of aromatic hydroxyl groups is 2. The number of thiazole rings is 1. The van der Waals surface area contributed by atoms with E-state index >= 15 is 0 Å². The fourth-order valence-corrected chi connectivity index (χ4v) is 7.81. The molecule has 1 fully saturated rings. The predicted octanol–water partition coefficient (Wildman–Crippen LogP) is -2.30. The number of rotatable bonds is 12. The first-order valence-corrected chi connectivity index (χ1v) is 19.2. The number of nitrogens with two attached hydrogens (primary N) is 1. The summed E-state index contributed by atoms with van der Waals surface area (Å²) in [6, 6.07) is 4.56. The number of carbonyl (C=O) groups is 5. The van der Waals surface area contributed by atoms with Crippen molar-refractivity contribution in [2.75, 3.05) is 25.2 Å². The summed E-state index contributed by atoms with van der Waals surface area (Å²) in [5.41, 5.74) is 9.47. The van der Waals surface area contributed by atoms with Gasteiger partial charge in [0, 0.05) is 34.8 Å². The van der Waals surface area contributed by atoms with E-state index in [9.17, 15) is 29.1 Å². The monoisotopic (exact) mass is 840 g/mol. The Morgan fingerprint density at radius 1 is 1.25 bits per heavy atom. The molecule has 2 aromatic heterocycles. The predicted molar refractivity (Wildman–Crippen MR) is 201 cm³/mol. The zero-order valence-corrected chi connectivity index (χ0v) is 35.6. The number of esters is 1. The van der Waals surface area contributed by atoms with E-state index in [0.717, 1.165) is 41.7 Å². The zero-order valence-electron chi connectivity index (χ0n) is 31.2. The van der Waals surface area contributed by atoms with E-state index in [1.165, 1.54) is 46.5 Å². The van der Waals surface area contributed by atoms with E-state index < -0.39 is 47.8 Å². The molecule has 0 unspecified atom stereocenters. The molecular weight excluding hydrogens is 801 g/mol. The summed E-state index contributed by atoms with van der Waals surface area (Å²) in [5.74, 6) is -3.64. The Balaban J connectivity index is 0.000000558. The summed E-state index contributed by atoms with van der Waals surface area (Å²) in [6.07, 6.45) is 5.11. The van der Waals surface area contributed by atoms with Gasteiger partial charge in [-0.3, -0.25) is 19.3 Å². The van der Waals surface area contributed by atoms with Crippen molar-refractivity contribution in [3.8, 4) is 11.5 Å². The Morgan fingerprint density at radius 3 is 2.61 bits per heavy atom. The van der Waals surface area contributed by atoms with Crippen LogP contribution in [0.25, 0.3) is 0 Å². The summed E-state index contributed by atoms with van der Waals surface area (Å²) in [7, 11) is 1.25. The molecule has 17 nitrogen and oxygen atoms in total. The third-order valence-electron chi connectivity index (χ3n) is 8.43. The molecule has 0 saturated carbocycles. The van der Waals surface area contributed by atoms with Crippen LogP contribution in [0.3, 0.4) is 0 Å². The number of fused-ring (bicyclic) bond motifs is 2. The van der Waals surface area contributed by atoms with Crippen LogP contribution in [0.15, 0.2) is 52.3 Å². The number of nitrogens with zero attached hydrogens (tertiary/aromatic N) is 4. The van der Waals surface area contributed by atoms with E-state index in [0.29, 0.717) is 12.3 Å². The smallest absolute Gasteiger partial charge is 0.548 e. The molecule has 4 heterocycles. The first kappa shape index (κ1) is 46.0. The van der Waals surface area contributed by atoms with E-state index in [2.05, 4.69) is 26.1 Å². The number of carboxylic acids is 1. The Labute approximate surface area is 357 Å². The maximum Gasteiger partial charge on any atom is 1.00 e. The Bertz CT molecular complexity index is 1990. The van der Waals surface area contributed by atoms with Gasteiger partial charge in [-0.05, 0) is 37.5 Å². The van der Waals surface area contributed by atoms with E-state index in [1.54, 1.807) is 13.0 Å². The number of thioether (sulfide) groups is 1. The first-order chi connectivity index (χ1) is 26.4. The molecule has 3 atom stereocenters. The van der Waals surface area contributed by atoms with Crippen LogP contribution in [0.2, 0.25) is 5.02 Å². The molecule has 294 valence electrons. The fraction of sp³-hybridized carbons (Fsp3) is 0.371. The van der Waals surface area contributed by atoms with Gasteiger partial charge >= 0.3 is 35.5 Å². The standard InChI is InChI=1S/C26H27N7O8S2.C7H7ClO2.C2H6.Na/c1-40-25(39)20-14(8-32-7-3-5-13-4-2-6-17(13)32)10-42-23-19(22(36)33(20)23)30-21(35)18(16-11-43-26(27)29-16)31-41-9-15(24(37)38)28-12-34;1-4-2-3-5(9)7(10)6(4)8;1-2;/h3,5,7,11-12,15,19,23H,2,4,6,8-10H2,1H3,(H4-,27,28,29,30,34,35,37,38);2-3,9-10H,1H3;1-2H3;/q;;;+1/b31-18-;;;/t15-,19+,23+;;;/m0.../s1. The van der Waals surface area contributed by atoms with Crippen molar-refractivity contribution >= 4 is 75.7 Å². The number of nitrogen functional groups attached to an aromatic ring is 1. The molecule has 3 aliphatic rings. The number of methoxy groups -OCH3 is 1. The molecule has 0 bridgehead atoms. The maximum atomic E-state index is 13.4. The minimum atomic E-state index is -1.62. The third-order valence-corrected chi connectivity index (χ3v) is 10.9. The fourth-order valence-electron chi connectivity index (χ4n) is 5.76. The Kier molecular flexibility index (Phi) is 17.4. The number of aliphatic carboxylic acids is 1. The number of carboxylic acid groups (broad SMARTS) is 1. The van der Waals surface area contributed by atoms with Gasteiger partial charge in [-0.2, -0.15) is 4.57 Å². The number of nitrogens with one attached hydrogen (secondary N) is 2. The Hall–Kier alpha value is -4.40. The molecule has 6 rings (SSSR count). The van der Waals surface area contributed by atoms with Gasteiger partial charge in [-0.15, -0.1) is 23.1 Å². The number of β-lactam (4-membered cyclic amide) rings is 1. The topological polar surface area (TPSA) is 250 Å². The summed E-state index contributed by atoms with van der Waals surface area (Å²) in [4.78, 5) is 71.8. The average Bonchev–Trinajstić information content (AvgIpc) is 3.85. The number of aryl methyl sites for hydroxylation is 2. The molecular formula is C35H40ClN7NaO10S2+. The van der Waals surface area contributed by atoms with Gasteiger partial charge < -0.3 is 46.1 Å². The number of anilines is 1. The largest absolute Gasteiger partial charge is 1.00 e. The summed E-state index contributed by atoms with van der Waals surface area (Å²) in [6.45, 7) is 5.52. The molecule has 6 N–H and O–H groups in total. The van der Waals surface area contributed by atoms with Gasteiger partial charge in [-0.25, -0.2) is 9.78 Å². The van der Waals surface area contributed by atoms with Crippen LogP contribution >= 0.6 is 34.7 Å². The number of aromatic nitrogens is 2. The molecule has 3 aromatic rings. The van der Waals surface area contributed by atoms with Crippen molar-refractivity contribution in [1.82, 2.24) is 20.5 Å². The molecule has 3 amide bonds. The van der Waals surface area contributed by atoms with Crippen LogP contribution in [0, 0.1) is 6.92 Å². The maximum absolute atomic E-state index is 13.4. The summed E-state index contributed by atoms with van der Waals surface area (Å²) >= 11 is 7.99. The minimum absolute atomic E-state index is 0. The number of hydrogen-bond acceptors (Lipinski definition) is 15. The van der Waals surface area contributed by atoms with Gasteiger partial charge in [0.1, 0.15) is 35.5 Å². The second kappa shape index (κ2) is 21.2. The van der Waals surface area contributed by atoms with Crippen LogP contribution in [-0.2, 0) is 52.9 Å². The molecule has 1 saturated heterocycles. The van der Waals surface area contributed by atoms with Crippen LogP contribution in [0.1, 0.15) is 42.8 Å². The number of benzene rings is 1. The van der Waals surface area contributed by atoms with Crippen molar-refractivity contribution in [2.24, 2.45) is 5.16 Å². The number of halogens is 1. The van der Waals surface area contributed by atoms with Crippen molar-refractivity contribution in [2.45, 2.75) is 64.0 Å². The van der Waals surface area contributed by atoms with E-state index in [1.807, 2.05) is 31.4 Å². The number of ether oxygens (including phenoxy) is 1. The number of pyridine rings is 1.